The topological polar surface area (TPSA) is 35.8 Å². The molecule has 4 nitrogen and oxygen atoms in total. The molecule has 2 aromatic heterocycles. The molecule has 0 unspecified atom stereocenters. The van der Waals surface area contributed by atoms with E-state index in [1.54, 1.807) is 14.2 Å². The highest BCUT2D eigenvalue weighted by molar-refractivity contribution is 7.17. The van der Waals surface area contributed by atoms with E-state index >= 15 is 0 Å². The van der Waals surface area contributed by atoms with Crippen molar-refractivity contribution >= 4 is 16.3 Å². The van der Waals surface area contributed by atoms with Crippen LogP contribution in [0.2, 0.25) is 0 Å². The van der Waals surface area contributed by atoms with E-state index in [2.05, 4.69) is 10.6 Å². The minimum Gasteiger partial charge on any atom is -0.493 e. The van der Waals surface area contributed by atoms with E-state index in [4.69, 9.17) is 14.5 Å². The van der Waals surface area contributed by atoms with Crippen LogP contribution in [0.1, 0.15) is 17.0 Å². The number of fused-ring (bicyclic) bond motifs is 3. The summed E-state index contributed by atoms with van der Waals surface area (Å²) in [5.41, 5.74) is 3.47. The van der Waals surface area contributed by atoms with Gasteiger partial charge in [-0.3, -0.25) is 4.40 Å². The molecule has 2 heterocycles. The zero-order valence-electron chi connectivity index (χ0n) is 12.0. The van der Waals surface area contributed by atoms with E-state index in [0.717, 1.165) is 34.1 Å². The first kappa shape index (κ1) is 12.7. The summed E-state index contributed by atoms with van der Waals surface area (Å²) in [6, 6.07) is 5.92. The van der Waals surface area contributed by atoms with Gasteiger partial charge in [-0.2, -0.15) is 0 Å². The smallest absolute Gasteiger partial charge is 0.194 e. The molecule has 3 aromatic rings. The number of imidazole rings is 1. The molecule has 1 aromatic carbocycles. The number of thiazole rings is 1. The summed E-state index contributed by atoms with van der Waals surface area (Å²) in [4.78, 5) is 7.35. The van der Waals surface area contributed by atoms with E-state index in [9.17, 15) is 0 Å². The quantitative estimate of drug-likeness (QED) is 0.742. The molecular formula is C16H16N2O2S. The molecule has 0 spiro atoms. The number of rotatable bonds is 3. The fourth-order valence-electron chi connectivity index (χ4n) is 2.94. The number of benzene rings is 1. The van der Waals surface area contributed by atoms with Crippen molar-refractivity contribution < 1.29 is 9.47 Å². The first-order valence-electron chi connectivity index (χ1n) is 7.02. The largest absolute Gasteiger partial charge is 0.493 e. The molecule has 108 valence electrons. The molecule has 21 heavy (non-hydrogen) atoms. The van der Waals surface area contributed by atoms with Crippen molar-refractivity contribution in [3.8, 4) is 22.8 Å². The normalized spacial score (nSPS) is 13.6. The van der Waals surface area contributed by atoms with E-state index in [1.807, 2.05) is 29.5 Å². The van der Waals surface area contributed by atoms with Crippen LogP contribution in [0.5, 0.6) is 11.5 Å². The van der Waals surface area contributed by atoms with Crippen molar-refractivity contribution in [3.05, 3.63) is 35.0 Å². The van der Waals surface area contributed by atoms with Gasteiger partial charge in [0.2, 0.25) is 0 Å². The summed E-state index contributed by atoms with van der Waals surface area (Å²) >= 11 is 1.82. The third kappa shape index (κ3) is 1.92. The second-order valence-corrected chi connectivity index (χ2v) is 6.24. The molecule has 0 atom stereocenters. The fourth-order valence-corrected chi connectivity index (χ4v) is 4.13. The Balaban J connectivity index is 1.81. The number of methoxy groups -OCH3 is 2. The number of ether oxygens (including phenoxy) is 2. The van der Waals surface area contributed by atoms with Crippen molar-refractivity contribution in [1.29, 1.82) is 0 Å². The number of nitrogens with zero attached hydrogens (tertiary/aromatic N) is 2. The molecule has 0 bridgehead atoms. The van der Waals surface area contributed by atoms with Crippen LogP contribution in [0.25, 0.3) is 16.2 Å². The zero-order chi connectivity index (χ0) is 14.4. The molecule has 0 saturated heterocycles. The minimum atomic E-state index is 0.733. The molecule has 0 fully saturated rings. The van der Waals surface area contributed by atoms with Crippen LogP contribution < -0.4 is 9.47 Å². The van der Waals surface area contributed by atoms with Gasteiger partial charge in [0, 0.05) is 22.3 Å². The van der Waals surface area contributed by atoms with Gasteiger partial charge in [-0.15, -0.1) is 11.3 Å². The SMILES string of the molecule is COc1ccc(-c2cn3c4c(sc3n2)CCC4)cc1OC. The lowest BCUT2D eigenvalue weighted by Gasteiger charge is -2.08. The minimum absolute atomic E-state index is 0.733. The molecule has 0 saturated carbocycles. The third-order valence-electron chi connectivity index (χ3n) is 4.00. The molecule has 4 rings (SSSR count). The van der Waals surface area contributed by atoms with E-state index in [1.165, 1.54) is 23.4 Å². The Morgan fingerprint density at radius 3 is 2.81 bits per heavy atom. The van der Waals surface area contributed by atoms with Crippen molar-refractivity contribution in [2.45, 2.75) is 19.3 Å². The summed E-state index contributed by atoms with van der Waals surface area (Å²) in [5.74, 6) is 1.47. The maximum absolute atomic E-state index is 5.37. The number of hydrogen-bond acceptors (Lipinski definition) is 4. The second kappa shape index (κ2) is 4.77. The first-order chi connectivity index (χ1) is 10.3. The lowest BCUT2D eigenvalue weighted by Crippen LogP contribution is -1.91. The fraction of sp³-hybridized carbons (Fsp3) is 0.312. The van der Waals surface area contributed by atoms with Crippen molar-refractivity contribution in [2.24, 2.45) is 0 Å². The maximum atomic E-state index is 5.37. The van der Waals surface area contributed by atoms with E-state index in [0.29, 0.717) is 0 Å². The highest BCUT2D eigenvalue weighted by Gasteiger charge is 2.19. The molecular weight excluding hydrogens is 284 g/mol. The monoisotopic (exact) mass is 300 g/mol. The standard InChI is InChI=1S/C16H16N2O2S/c1-19-13-7-6-10(8-14(13)20-2)11-9-18-12-4-3-5-15(12)21-16(18)17-11/h6-9H,3-5H2,1-2H3. The van der Waals surface area contributed by atoms with Gasteiger partial charge in [0.15, 0.2) is 16.5 Å². The summed E-state index contributed by atoms with van der Waals surface area (Å²) in [6.45, 7) is 0. The zero-order valence-corrected chi connectivity index (χ0v) is 12.9. The van der Waals surface area contributed by atoms with Gasteiger partial charge in [-0.1, -0.05) is 0 Å². The highest BCUT2D eigenvalue weighted by atomic mass is 32.1. The second-order valence-electron chi connectivity index (χ2n) is 5.17. The highest BCUT2D eigenvalue weighted by Crippen LogP contribution is 2.35. The molecule has 0 aliphatic heterocycles. The van der Waals surface area contributed by atoms with Crippen LogP contribution in [-0.2, 0) is 12.8 Å². The molecule has 1 aliphatic carbocycles. The maximum Gasteiger partial charge on any atom is 0.194 e. The Morgan fingerprint density at radius 1 is 1.14 bits per heavy atom. The molecule has 0 radical (unpaired) electrons. The van der Waals surface area contributed by atoms with Gasteiger partial charge in [0.1, 0.15) is 0 Å². The lowest BCUT2D eigenvalue weighted by molar-refractivity contribution is 0.355. The Labute approximate surface area is 127 Å². The first-order valence-corrected chi connectivity index (χ1v) is 7.84. The van der Waals surface area contributed by atoms with Gasteiger partial charge in [-0.25, -0.2) is 4.98 Å². The molecule has 5 heteroatoms. The van der Waals surface area contributed by atoms with E-state index < -0.39 is 0 Å². The van der Waals surface area contributed by atoms with Crippen LogP contribution in [0.3, 0.4) is 0 Å². The van der Waals surface area contributed by atoms with Gasteiger partial charge < -0.3 is 9.47 Å². The summed E-state index contributed by atoms with van der Waals surface area (Å²) in [5, 5.41) is 0. The summed E-state index contributed by atoms with van der Waals surface area (Å²) < 4.78 is 12.9. The predicted molar refractivity (Wildman–Crippen MR) is 83.6 cm³/mol. The van der Waals surface area contributed by atoms with Crippen molar-refractivity contribution in [1.82, 2.24) is 9.38 Å². The molecule has 0 N–H and O–H groups in total. The third-order valence-corrected chi connectivity index (χ3v) is 5.15. The Bertz CT molecular complexity index is 819. The molecule has 1 aliphatic rings. The summed E-state index contributed by atoms with van der Waals surface area (Å²) in [6.07, 6.45) is 5.77. The Kier molecular flexibility index (Phi) is 2.89. The average molecular weight is 300 g/mol. The number of aromatic nitrogens is 2. The average Bonchev–Trinajstić information content (AvgIpc) is 3.17. The van der Waals surface area contributed by atoms with Crippen LogP contribution in [0, 0.1) is 0 Å². The van der Waals surface area contributed by atoms with Crippen LogP contribution in [0.15, 0.2) is 24.4 Å². The van der Waals surface area contributed by atoms with Crippen LogP contribution in [0.4, 0.5) is 0 Å². The van der Waals surface area contributed by atoms with E-state index in [-0.39, 0.29) is 0 Å². The summed E-state index contributed by atoms with van der Waals surface area (Å²) in [7, 11) is 3.30. The predicted octanol–water partition coefficient (Wildman–Crippen LogP) is 3.57. The Hall–Kier alpha value is -2.01. The molecule has 0 amide bonds. The van der Waals surface area contributed by atoms with Gasteiger partial charge in [0.25, 0.3) is 0 Å². The van der Waals surface area contributed by atoms with Crippen LogP contribution >= 0.6 is 11.3 Å². The lowest BCUT2D eigenvalue weighted by atomic mass is 10.1. The number of hydrogen-bond donors (Lipinski definition) is 0. The van der Waals surface area contributed by atoms with Gasteiger partial charge >= 0.3 is 0 Å². The van der Waals surface area contributed by atoms with Gasteiger partial charge in [-0.05, 0) is 37.5 Å². The number of aryl methyl sites for hydroxylation is 2. The Morgan fingerprint density at radius 2 is 2.00 bits per heavy atom. The van der Waals surface area contributed by atoms with Crippen molar-refractivity contribution in [2.75, 3.05) is 14.2 Å². The van der Waals surface area contributed by atoms with Crippen molar-refractivity contribution in [3.63, 3.8) is 0 Å². The van der Waals surface area contributed by atoms with Crippen LogP contribution in [-0.4, -0.2) is 23.6 Å². The van der Waals surface area contributed by atoms with Gasteiger partial charge in [0.05, 0.1) is 19.9 Å².